The number of imidazole rings is 1. The molecule has 0 unspecified atom stereocenters. The molecule has 1 aromatic heterocycles. The SMILES string of the molecule is CCOc1cc(C2CC2)cc2c1nc(C(=O)N1CCN(C3CCCCC3)C(=O)C1)n2C. The summed E-state index contributed by atoms with van der Waals surface area (Å²) < 4.78 is 7.73. The van der Waals surface area contributed by atoms with E-state index in [1.54, 1.807) is 4.90 Å². The van der Waals surface area contributed by atoms with Crippen LogP contribution in [0, 0.1) is 0 Å². The number of nitrogens with zero attached hydrogens (tertiary/aromatic N) is 4. The van der Waals surface area contributed by atoms with Gasteiger partial charge < -0.3 is 19.1 Å². The second-order valence-corrected chi connectivity index (χ2v) is 9.19. The predicted molar refractivity (Wildman–Crippen MR) is 118 cm³/mol. The number of rotatable bonds is 5. The van der Waals surface area contributed by atoms with Crippen molar-refractivity contribution in [2.75, 3.05) is 26.2 Å². The van der Waals surface area contributed by atoms with Crippen molar-refractivity contribution in [3.05, 3.63) is 23.5 Å². The smallest absolute Gasteiger partial charge is 0.290 e. The number of amides is 2. The monoisotopic (exact) mass is 424 g/mol. The van der Waals surface area contributed by atoms with Crippen LogP contribution in [0.5, 0.6) is 5.75 Å². The summed E-state index contributed by atoms with van der Waals surface area (Å²) in [5, 5.41) is 0. The van der Waals surface area contributed by atoms with Gasteiger partial charge in [0.15, 0.2) is 5.82 Å². The van der Waals surface area contributed by atoms with E-state index in [2.05, 4.69) is 17.1 Å². The van der Waals surface area contributed by atoms with Crippen molar-refractivity contribution in [3.8, 4) is 5.75 Å². The Balaban J connectivity index is 1.39. The van der Waals surface area contributed by atoms with Gasteiger partial charge in [-0.15, -0.1) is 0 Å². The Bertz CT molecular complexity index is 1000. The van der Waals surface area contributed by atoms with Crippen molar-refractivity contribution in [1.82, 2.24) is 19.4 Å². The number of fused-ring (bicyclic) bond motifs is 1. The van der Waals surface area contributed by atoms with Crippen LogP contribution in [0.3, 0.4) is 0 Å². The first-order valence-electron chi connectivity index (χ1n) is 11.8. The lowest BCUT2D eigenvalue weighted by molar-refractivity contribution is -0.138. The highest BCUT2D eigenvalue weighted by Gasteiger charge is 2.34. The summed E-state index contributed by atoms with van der Waals surface area (Å²) in [4.78, 5) is 34.5. The van der Waals surface area contributed by atoms with Crippen LogP contribution in [0.2, 0.25) is 0 Å². The number of aryl methyl sites for hydroxylation is 1. The number of piperazine rings is 1. The molecule has 3 aliphatic rings. The number of aromatic nitrogens is 2. The predicted octanol–water partition coefficient (Wildman–Crippen LogP) is 3.47. The molecule has 2 aliphatic carbocycles. The van der Waals surface area contributed by atoms with Crippen molar-refractivity contribution in [2.45, 2.75) is 63.8 Å². The highest BCUT2D eigenvalue weighted by Crippen LogP contribution is 2.43. The first-order valence-corrected chi connectivity index (χ1v) is 11.8. The van der Waals surface area contributed by atoms with Crippen LogP contribution in [0.1, 0.15) is 74.0 Å². The normalized spacial score (nSPS) is 20.5. The Hall–Kier alpha value is -2.57. The zero-order valence-electron chi connectivity index (χ0n) is 18.6. The molecule has 7 heteroatoms. The maximum Gasteiger partial charge on any atom is 0.290 e. The van der Waals surface area contributed by atoms with E-state index in [-0.39, 0.29) is 18.4 Å². The van der Waals surface area contributed by atoms with E-state index < -0.39 is 0 Å². The Morgan fingerprint density at radius 2 is 1.90 bits per heavy atom. The molecule has 1 aliphatic heterocycles. The fraction of sp³-hybridized carbons (Fsp3) is 0.625. The second-order valence-electron chi connectivity index (χ2n) is 9.19. The van der Waals surface area contributed by atoms with Gasteiger partial charge in [0.05, 0.1) is 12.1 Å². The van der Waals surface area contributed by atoms with Crippen LogP contribution in [0.25, 0.3) is 11.0 Å². The quantitative estimate of drug-likeness (QED) is 0.737. The van der Waals surface area contributed by atoms with Gasteiger partial charge in [-0.05, 0) is 56.2 Å². The molecule has 31 heavy (non-hydrogen) atoms. The van der Waals surface area contributed by atoms with E-state index in [1.165, 1.54) is 37.7 Å². The van der Waals surface area contributed by atoms with Gasteiger partial charge in [0.1, 0.15) is 17.8 Å². The molecule has 2 aromatic rings. The van der Waals surface area contributed by atoms with E-state index >= 15 is 0 Å². The molecule has 2 saturated carbocycles. The molecule has 0 spiro atoms. The molecular weight excluding hydrogens is 392 g/mol. The summed E-state index contributed by atoms with van der Waals surface area (Å²) in [5.74, 6) is 1.60. The van der Waals surface area contributed by atoms with E-state index in [9.17, 15) is 9.59 Å². The Labute approximate surface area is 183 Å². The van der Waals surface area contributed by atoms with Crippen molar-refractivity contribution in [1.29, 1.82) is 0 Å². The molecule has 2 amide bonds. The fourth-order valence-electron chi connectivity index (χ4n) is 5.17. The Morgan fingerprint density at radius 1 is 1.13 bits per heavy atom. The van der Waals surface area contributed by atoms with E-state index in [1.807, 2.05) is 23.4 Å². The zero-order chi connectivity index (χ0) is 21.5. The molecule has 0 radical (unpaired) electrons. The number of hydrogen-bond acceptors (Lipinski definition) is 4. The Morgan fingerprint density at radius 3 is 2.58 bits per heavy atom. The third kappa shape index (κ3) is 3.79. The summed E-state index contributed by atoms with van der Waals surface area (Å²) >= 11 is 0. The minimum atomic E-state index is -0.175. The van der Waals surface area contributed by atoms with Gasteiger partial charge >= 0.3 is 0 Å². The molecule has 0 N–H and O–H groups in total. The van der Waals surface area contributed by atoms with Gasteiger partial charge in [0, 0.05) is 26.2 Å². The first-order chi connectivity index (χ1) is 15.1. The topological polar surface area (TPSA) is 67.7 Å². The second kappa shape index (κ2) is 8.17. The van der Waals surface area contributed by atoms with Gasteiger partial charge in [0.2, 0.25) is 5.91 Å². The molecule has 3 fully saturated rings. The maximum absolute atomic E-state index is 13.4. The standard InChI is InChI=1S/C24H32N4O3/c1-3-31-20-14-17(16-9-10-16)13-19-22(20)25-23(26(19)2)24(30)27-11-12-28(21(29)15-27)18-7-5-4-6-8-18/h13-14,16,18H,3-12,15H2,1-2H3. The Kier molecular flexibility index (Phi) is 5.36. The highest BCUT2D eigenvalue weighted by molar-refractivity contribution is 5.98. The average molecular weight is 425 g/mol. The van der Waals surface area contributed by atoms with E-state index in [0.717, 1.165) is 29.6 Å². The number of carbonyl (C=O) groups excluding carboxylic acids is 2. The summed E-state index contributed by atoms with van der Waals surface area (Å²) in [6.45, 7) is 3.85. The molecule has 7 nitrogen and oxygen atoms in total. The van der Waals surface area contributed by atoms with Gasteiger partial charge in [-0.2, -0.15) is 0 Å². The molecule has 0 bridgehead atoms. The number of ether oxygens (including phenoxy) is 1. The molecule has 2 heterocycles. The van der Waals surface area contributed by atoms with Gasteiger partial charge in [-0.1, -0.05) is 19.3 Å². The maximum atomic E-state index is 13.4. The van der Waals surface area contributed by atoms with Crippen molar-refractivity contribution in [3.63, 3.8) is 0 Å². The minimum Gasteiger partial charge on any atom is -0.492 e. The summed E-state index contributed by atoms with van der Waals surface area (Å²) in [6, 6.07) is 4.58. The van der Waals surface area contributed by atoms with Gasteiger partial charge in [-0.3, -0.25) is 9.59 Å². The van der Waals surface area contributed by atoms with Crippen molar-refractivity contribution < 1.29 is 14.3 Å². The molecule has 1 saturated heterocycles. The molecule has 166 valence electrons. The van der Waals surface area contributed by atoms with E-state index in [4.69, 9.17) is 4.74 Å². The zero-order valence-corrected chi connectivity index (χ0v) is 18.6. The summed E-state index contributed by atoms with van der Waals surface area (Å²) in [6.07, 6.45) is 8.25. The summed E-state index contributed by atoms with van der Waals surface area (Å²) in [5.41, 5.74) is 2.90. The van der Waals surface area contributed by atoms with Gasteiger partial charge in [-0.25, -0.2) is 4.98 Å². The average Bonchev–Trinajstić information content (AvgIpc) is 3.58. The fourth-order valence-corrected chi connectivity index (χ4v) is 5.17. The molecular formula is C24H32N4O3. The molecule has 0 atom stereocenters. The van der Waals surface area contributed by atoms with Crippen LogP contribution in [-0.2, 0) is 11.8 Å². The third-order valence-electron chi connectivity index (χ3n) is 7.07. The number of carbonyl (C=O) groups is 2. The minimum absolute atomic E-state index is 0.0660. The summed E-state index contributed by atoms with van der Waals surface area (Å²) in [7, 11) is 1.88. The van der Waals surface area contributed by atoms with Crippen LogP contribution in [0.4, 0.5) is 0 Å². The number of hydrogen-bond donors (Lipinski definition) is 0. The van der Waals surface area contributed by atoms with Crippen molar-refractivity contribution >= 4 is 22.8 Å². The lowest BCUT2D eigenvalue weighted by Gasteiger charge is -2.40. The van der Waals surface area contributed by atoms with Crippen LogP contribution in [-0.4, -0.2) is 63.4 Å². The van der Waals surface area contributed by atoms with E-state index in [0.29, 0.717) is 37.5 Å². The lowest BCUT2D eigenvalue weighted by atomic mass is 9.93. The lowest BCUT2D eigenvalue weighted by Crippen LogP contribution is -2.56. The largest absolute Gasteiger partial charge is 0.492 e. The highest BCUT2D eigenvalue weighted by atomic mass is 16.5. The molecule has 5 rings (SSSR count). The van der Waals surface area contributed by atoms with Crippen LogP contribution >= 0.6 is 0 Å². The molecule has 1 aromatic carbocycles. The van der Waals surface area contributed by atoms with Crippen molar-refractivity contribution in [2.24, 2.45) is 7.05 Å². The number of benzene rings is 1. The first kappa shape index (κ1) is 20.3. The third-order valence-corrected chi connectivity index (χ3v) is 7.07. The van der Waals surface area contributed by atoms with Gasteiger partial charge in [0.25, 0.3) is 5.91 Å². The van der Waals surface area contributed by atoms with Crippen LogP contribution < -0.4 is 4.74 Å². The van der Waals surface area contributed by atoms with Crippen LogP contribution in [0.15, 0.2) is 12.1 Å².